The van der Waals surface area contributed by atoms with Crippen molar-refractivity contribution >= 4 is 17.1 Å². The molecule has 1 saturated heterocycles. The van der Waals surface area contributed by atoms with E-state index < -0.39 is 0 Å². The molecular weight excluding hydrogens is 234 g/mol. The Bertz CT molecular complexity index is 404. The van der Waals surface area contributed by atoms with Crippen LogP contribution in [0.25, 0.3) is 0 Å². The summed E-state index contributed by atoms with van der Waals surface area (Å²) in [5.41, 5.74) is 0. The SMILES string of the molecule is CC(=O)c1cnc(C2CN(C)CCCN2C)s1. The van der Waals surface area contributed by atoms with Gasteiger partial charge in [0, 0.05) is 19.7 Å². The fourth-order valence-electron chi connectivity index (χ4n) is 2.14. The van der Waals surface area contributed by atoms with E-state index in [1.807, 2.05) is 0 Å². The van der Waals surface area contributed by atoms with E-state index in [1.54, 1.807) is 13.1 Å². The van der Waals surface area contributed by atoms with E-state index in [4.69, 9.17) is 0 Å². The number of rotatable bonds is 2. The molecule has 0 bridgehead atoms. The van der Waals surface area contributed by atoms with Crippen LogP contribution in [0.1, 0.15) is 34.1 Å². The lowest BCUT2D eigenvalue weighted by molar-refractivity contribution is 0.102. The first kappa shape index (κ1) is 12.7. The van der Waals surface area contributed by atoms with Crippen molar-refractivity contribution in [3.05, 3.63) is 16.1 Å². The molecule has 1 unspecified atom stereocenters. The molecule has 2 heterocycles. The van der Waals surface area contributed by atoms with Gasteiger partial charge in [-0.15, -0.1) is 11.3 Å². The van der Waals surface area contributed by atoms with Gasteiger partial charge in [0.25, 0.3) is 0 Å². The van der Waals surface area contributed by atoms with Crippen LogP contribution in [0.2, 0.25) is 0 Å². The molecule has 1 fully saturated rings. The molecule has 4 nitrogen and oxygen atoms in total. The Balaban J connectivity index is 2.20. The van der Waals surface area contributed by atoms with Crippen molar-refractivity contribution in [2.75, 3.05) is 33.7 Å². The van der Waals surface area contributed by atoms with Gasteiger partial charge < -0.3 is 4.90 Å². The van der Waals surface area contributed by atoms with Crippen molar-refractivity contribution in [1.82, 2.24) is 14.8 Å². The Labute approximate surface area is 106 Å². The number of likely N-dealkylation sites (N-methyl/N-ethyl adjacent to an activating group) is 2. The van der Waals surface area contributed by atoms with E-state index >= 15 is 0 Å². The predicted molar refractivity (Wildman–Crippen MR) is 69.6 cm³/mol. The highest BCUT2D eigenvalue weighted by Gasteiger charge is 2.24. The quantitative estimate of drug-likeness (QED) is 0.751. The predicted octanol–water partition coefficient (Wildman–Crippen LogP) is 1.65. The van der Waals surface area contributed by atoms with Crippen molar-refractivity contribution in [2.24, 2.45) is 0 Å². The number of nitrogens with zero attached hydrogens (tertiary/aromatic N) is 3. The maximum Gasteiger partial charge on any atom is 0.171 e. The molecule has 0 N–H and O–H groups in total. The van der Waals surface area contributed by atoms with Gasteiger partial charge in [-0.25, -0.2) is 4.98 Å². The second-order valence-electron chi connectivity index (χ2n) is 4.73. The largest absolute Gasteiger partial charge is 0.304 e. The normalized spacial score (nSPS) is 23.6. The molecule has 0 saturated carbocycles. The zero-order valence-electron chi connectivity index (χ0n) is 10.6. The second-order valence-corrected chi connectivity index (χ2v) is 5.79. The van der Waals surface area contributed by atoms with E-state index in [0.29, 0.717) is 6.04 Å². The topological polar surface area (TPSA) is 36.4 Å². The summed E-state index contributed by atoms with van der Waals surface area (Å²) in [6.07, 6.45) is 2.90. The Morgan fingerprint density at radius 1 is 1.47 bits per heavy atom. The number of ketones is 1. The smallest absolute Gasteiger partial charge is 0.171 e. The third-order valence-corrected chi connectivity index (χ3v) is 4.42. The van der Waals surface area contributed by atoms with Crippen LogP contribution in [0.15, 0.2) is 6.20 Å². The van der Waals surface area contributed by atoms with Crippen molar-refractivity contribution in [3.8, 4) is 0 Å². The molecule has 0 amide bonds. The number of carbonyl (C=O) groups excluding carboxylic acids is 1. The summed E-state index contributed by atoms with van der Waals surface area (Å²) in [6.45, 7) is 4.80. The number of carbonyl (C=O) groups is 1. The Morgan fingerprint density at radius 3 is 2.88 bits per heavy atom. The molecule has 0 aromatic carbocycles. The average molecular weight is 253 g/mol. The van der Waals surface area contributed by atoms with Crippen LogP contribution in [0.3, 0.4) is 0 Å². The molecule has 94 valence electrons. The first-order valence-corrected chi connectivity index (χ1v) is 6.75. The summed E-state index contributed by atoms with van der Waals surface area (Å²) >= 11 is 1.53. The van der Waals surface area contributed by atoms with Crippen molar-refractivity contribution < 1.29 is 4.79 Å². The first-order chi connectivity index (χ1) is 8.08. The Kier molecular flexibility index (Phi) is 3.91. The molecule has 0 radical (unpaired) electrons. The summed E-state index contributed by atoms with van der Waals surface area (Å²) in [4.78, 5) is 21.2. The molecule has 1 aromatic heterocycles. The standard InChI is InChI=1S/C12H19N3OS/c1-9(16)11-7-13-12(17-11)10-8-14(2)5-4-6-15(10)3/h7,10H,4-6,8H2,1-3H3. The highest BCUT2D eigenvalue weighted by Crippen LogP contribution is 2.27. The van der Waals surface area contributed by atoms with Crippen LogP contribution in [-0.2, 0) is 0 Å². The van der Waals surface area contributed by atoms with Crippen LogP contribution in [0.4, 0.5) is 0 Å². The molecule has 1 aliphatic rings. The highest BCUT2D eigenvalue weighted by molar-refractivity contribution is 7.13. The monoisotopic (exact) mass is 253 g/mol. The zero-order chi connectivity index (χ0) is 12.4. The van der Waals surface area contributed by atoms with Crippen LogP contribution < -0.4 is 0 Å². The van der Waals surface area contributed by atoms with Crippen LogP contribution in [0.5, 0.6) is 0 Å². The minimum absolute atomic E-state index is 0.110. The van der Waals surface area contributed by atoms with Crippen LogP contribution in [0, 0.1) is 0 Å². The molecule has 17 heavy (non-hydrogen) atoms. The van der Waals surface area contributed by atoms with E-state index in [9.17, 15) is 4.79 Å². The molecule has 1 atom stereocenters. The average Bonchev–Trinajstić information content (AvgIpc) is 2.68. The number of hydrogen-bond acceptors (Lipinski definition) is 5. The van der Waals surface area contributed by atoms with Gasteiger partial charge in [-0.3, -0.25) is 9.69 Å². The molecule has 2 rings (SSSR count). The summed E-state index contributed by atoms with van der Waals surface area (Å²) in [5, 5.41) is 1.06. The van der Waals surface area contributed by atoms with E-state index in [0.717, 1.165) is 29.5 Å². The molecule has 0 spiro atoms. The molecule has 0 aliphatic carbocycles. The van der Waals surface area contributed by atoms with Crippen molar-refractivity contribution in [1.29, 1.82) is 0 Å². The lowest BCUT2D eigenvalue weighted by atomic mass is 10.2. The summed E-state index contributed by atoms with van der Waals surface area (Å²) in [7, 11) is 4.28. The Hall–Kier alpha value is -0.780. The lowest BCUT2D eigenvalue weighted by Gasteiger charge is -2.25. The first-order valence-electron chi connectivity index (χ1n) is 5.93. The summed E-state index contributed by atoms with van der Waals surface area (Å²) in [5.74, 6) is 0.110. The highest BCUT2D eigenvalue weighted by atomic mass is 32.1. The number of hydrogen-bond donors (Lipinski definition) is 0. The third-order valence-electron chi connectivity index (χ3n) is 3.22. The van der Waals surface area contributed by atoms with Crippen molar-refractivity contribution in [3.63, 3.8) is 0 Å². The molecule has 1 aromatic rings. The zero-order valence-corrected chi connectivity index (χ0v) is 11.5. The van der Waals surface area contributed by atoms with Gasteiger partial charge in [-0.2, -0.15) is 0 Å². The summed E-state index contributed by atoms with van der Waals surface area (Å²) < 4.78 is 0. The van der Waals surface area contributed by atoms with Gasteiger partial charge in [0.1, 0.15) is 5.01 Å². The fourth-order valence-corrected chi connectivity index (χ4v) is 3.11. The number of aromatic nitrogens is 1. The minimum atomic E-state index is 0.110. The van der Waals surface area contributed by atoms with Crippen molar-refractivity contribution in [2.45, 2.75) is 19.4 Å². The number of Topliss-reactive ketones (excluding diaryl/α,β-unsaturated/α-hetero) is 1. The van der Waals surface area contributed by atoms with Gasteiger partial charge in [0.15, 0.2) is 5.78 Å². The number of thiazole rings is 1. The van der Waals surface area contributed by atoms with Crippen LogP contribution >= 0.6 is 11.3 Å². The lowest BCUT2D eigenvalue weighted by Crippen LogP contribution is -2.30. The van der Waals surface area contributed by atoms with Gasteiger partial charge in [-0.1, -0.05) is 0 Å². The van der Waals surface area contributed by atoms with Gasteiger partial charge in [-0.05, 0) is 33.6 Å². The maximum absolute atomic E-state index is 11.3. The molecular formula is C12H19N3OS. The maximum atomic E-state index is 11.3. The Morgan fingerprint density at radius 2 is 2.24 bits per heavy atom. The molecule has 5 heteroatoms. The van der Waals surface area contributed by atoms with Gasteiger partial charge in [0.05, 0.1) is 10.9 Å². The second kappa shape index (κ2) is 5.25. The van der Waals surface area contributed by atoms with Gasteiger partial charge in [0.2, 0.25) is 0 Å². The van der Waals surface area contributed by atoms with Gasteiger partial charge >= 0.3 is 0 Å². The summed E-state index contributed by atoms with van der Waals surface area (Å²) in [6, 6.07) is 0.320. The molecule has 1 aliphatic heterocycles. The minimum Gasteiger partial charge on any atom is -0.304 e. The van der Waals surface area contributed by atoms with E-state index in [2.05, 4.69) is 28.9 Å². The van der Waals surface area contributed by atoms with E-state index in [-0.39, 0.29) is 5.78 Å². The third kappa shape index (κ3) is 2.91. The van der Waals surface area contributed by atoms with Crippen LogP contribution in [-0.4, -0.2) is 54.3 Å². The fraction of sp³-hybridized carbons (Fsp3) is 0.667. The van der Waals surface area contributed by atoms with E-state index in [1.165, 1.54) is 17.8 Å².